The number of nitrogens with zero attached hydrogens (tertiary/aromatic N) is 2. The predicted molar refractivity (Wildman–Crippen MR) is 131 cm³/mol. The first-order chi connectivity index (χ1) is 16.4. The van der Waals surface area contributed by atoms with Gasteiger partial charge in [-0.3, -0.25) is 9.59 Å². The van der Waals surface area contributed by atoms with Crippen LogP contribution < -0.4 is 0 Å². The number of rotatable bonds is 9. The quantitative estimate of drug-likeness (QED) is 0.494. The lowest BCUT2D eigenvalue weighted by atomic mass is 9.49. The summed E-state index contributed by atoms with van der Waals surface area (Å²) in [5.41, 5.74) is 0.847. The number of amides is 2. The topological polar surface area (TPSA) is 53.8 Å². The van der Waals surface area contributed by atoms with Crippen molar-refractivity contribution in [3.63, 3.8) is 0 Å². The molecule has 4 aliphatic rings. The van der Waals surface area contributed by atoms with Gasteiger partial charge in [-0.15, -0.1) is 0 Å². The molecule has 4 bridgehead atoms. The first-order valence-electron chi connectivity index (χ1n) is 13.0. The Kier molecular flexibility index (Phi) is 6.54. The molecule has 5 nitrogen and oxygen atoms in total. The Morgan fingerprint density at radius 3 is 2.12 bits per heavy atom. The van der Waals surface area contributed by atoms with Gasteiger partial charge in [-0.05, 0) is 79.9 Å². The zero-order valence-electron chi connectivity index (χ0n) is 20.6. The number of carbonyl (C=O) groups excluding carboxylic acids is 2. The van der Waals surface area contributed by atoms with Gasteiger partial charge in [0.1, 0.15) is 5.76 Å². The van der Waals surface area contributed by atoms with E-state index in [-0.39, 0.29) is 23.8 Å². The summed E-state index contributed by atoms with van der Waals surface area (Å²) < 4.78 is 5.56. The fraction of sp³-hybridized carbons (Fsp3) is 0.586. The van der Waals surface area contributed by atoms with E-state index < -0.39 is 0 Å². The Morgan fingerprint density at radius 2 is 1.56 bits per heavy atom. The van der Waals surface area contributed by atoms with Gasteiger partial charge >= 0.3 is 0 Å². The second-order valence-corrected chi connectivity index (χ2v) is 11.6. The SMILES string of the molecule is CC(C)CN(CC(=O)N(Cc1ccccc1)Cc1ccco1)C(=O)C12CC3CC(CC(C3)C1)C2. The van der Waals surface area contributed by atoms with Crippen molar-refractivity contribution in [2.45, 2.75) is 65.5 Å². The maximum absolute atomic E-state index is 14.1. The molecule has 0 aliphatic heterocycles. The van der Waals surface area contributed by atoms with Gasteiger partial charge in [0.15, 0.2) is 0 Å². The highest BCUT2D eigenvalue weighted by Crippen LogP contribution is 2.60. The molecule has 0 spiro atoms. The minimum absolute atomic E-state index is 0.0148. The van der Waals surface area contributed by atoms with E-state index >= 15 is 0 Å². The molecule has 4 aliphatic carbocycles. The second-order valence-electron chi connectivity index (χ2n) is 11.6. The van der Waals surface area contributed by atoms with Gasteiger partial charge in [-0.25, -0.2) is 0 Å². The van der Waals surface area contributed by atoms with E-state index in [9.17, 15) is 9.59 Å². The lowest BCUT2D eigenvalue weighted by Crippen LogP contribution is -2.56. The standard InChI is InChI=1S/C29H38N2O3/c1-21(2)17-31(28(33)29-14-23-11-24(15-29)13-25(12-23)16-29)20-27(32)30(19-26-9-6-10-34-26)18-22-7-4-3-5-8-22/h3-10,21,23-25H,11-20H2,1-2H3. The lowest BCUT2D eigenvalue weighted by Gasteiger charge is -2.56. The molecule has 2 aromatic rings. The molecule has 0 saturated heterocycles. The number of carbonyl (C=O) groups is 2. The fourth-order valence-corrected chi connectivity index (χ4v) is 7.26. The molecule has 1 heterocycles. The van der Waals surface area contributed by atoms with E-state index in [2.05, 4.69) is 13.8 Å². The van der Waals surface area contributed by atoms with Gasteiger partial charge in [0.2, 0.25) is 11.8 Å². The highest BCUT2D eigenvalue weighted by atomic mass is 16.3. The molecule has 34 heavy (non-hydrogen) atoms. The number of hydrogen-bond donors (Lipinski definition) is 0. The molecule has 1 aromatic heterocycles. The van der Waals surface area contributed by atoms with E-state index in [1.54, 1.807) is 6.26 Å². The summed E-state index contributed by atoms with van der Waals surface area (Å²) in [6.45, 7) is 5.95. The average molecular weight is 463 g/mol. The highest BCUT2D eigenvalue weighted by molar-refractivity contribution is 5.88. The summed E-state index contributed by atoms with van der Waals surface area (Å²) in [5, 5.41) is 0. The van der Waals surface area contributed by atoms with Crippen LogP contribution in [0.1, 0.15) is 63.7 Å². The smallest absolute Gasteiger partial charge is 0.242 e. The predicted octanol–water partition coefficient (Wildman–Crippen LogP) is 5.51. The largest absolute Gasteiger partial charge is 0.467 e. The third-order valence-corrected chi connectivity index (χ3v) is 8.19. The maximum atomic E-state index is 14.1. The summed E-state index contributed by atoms with van der Waals surface area (Å²) in [6, 6.07) is 13.8. The minimum Gasteiger partial charge on any atom is -0.467 e. The molecule has 0 unspecified atom stereocenters. The molecule has 0 atom stereocenters. The molecule has 4 fully saturated rings. The van der Waals surface area contributed by atoms with Crippen molar-refractivity contribution in [1.82, 2.24) is 9.80 Å². The summed E-state index contributed by atoms with van der Waals surface area (Å²) >= 11 is 0. The summed E-state index contributed by atoms with van der Waals surface area (Å²) in [4.78, 5) is 31.5. The Hall–Kier alpha value is -2.56. The van der Waals surface area contributed by atoms with Crippen LogP contribution in [0.3, 0.4) is 0 Å². The molecule has 4 saturated carbocycles. The summed E-state index contributed by atoms with van der Waals surface area (Å²) in [5.74, 6) is 3.43. The van der Waals surface area contributed by atoms with E-state index in [1.807, 2.05) is 52.3 Å². The van der Waals surface area contributed by atoms with Crippen LogP contribution in [0.4, 0.5) is 0 Å². The van der Waals surface area contributed by atoms with Crippen LogP contribution >= 0.6 is 0 Å². The Labute approximate surface area is 203 Å². The molecule has 0 radical (unpaired) electrons. The number of hydrogen-bond acceptors (Lipinski definition) is 3. The van der Waals surface area contributed by atoms with Crippen molar-refractivity contribution in [2.24, 2.45) is 29.1 Å². The molecular weight excluding hydrogens is 424 g/mol. The Balaban J connectivity index is 1.35. The zero-order chi connectivity index (χ0) is 23.7. The van der Waals surface area contributed by atoms with E-state index in [0.717, 1.165) is 30.6 Å². The van der Waals surface area contributed by atoms with Crippen molar-refractivity contribution >= 4 is 11.8 Å². The van der Waals surface area contributed by atoms with Crippen LogP contribution in [0.25, 0.3) is 0 Å². The number of furan rings is 1. The van der Waals surface area contributed by atoms with Crippen LogP contribution in [0.15, 0.2) is 53.1 Å². The number of benzene rings is 1. The third kappa shape index (κ3) is 4.94. The van der Waals surface area contributed by atoms with Crippen LogP contribution in [-0.2, 0) is 22.7 Å². The molecule has 0 N–H and O–H groups in total. The molecule has 6 rings (SSSR count). The van der Waals surface area contributed by atoms with E-state index in [0.29, 0.717) is 43.3 Å². The van der Waals surface area contributed by atoms with Crippen molar-refractivity contribution in [3.05, 3.63) is 60.1 Å². The zero-order valence-corrected chi connectivity index (χ0v) is 20.6. The molecule has 2 amide bonds. The maximum Gasteiger partial charge on any atom is 0.242 e. The van der Waals surface area contributed by atoms with Crippen molar-refractivity contribution < 1.29 is 14.0 Å². The van der Waals surface area contributed by atoms with Crippen LogP contribution in [0.5, 0.6) is 0 Å². The van der Waals surface area contributed by atoms with Crippen LogP contribution in [-0.4, -0.2) is 34.7 Å². The third-order valence-electron chi connectivity index (χ3n) is 8.19. The average Bonchev–Trinajstić information content (AvgIpc) is 3.30. The lowest BCUT2D eigenvalue weighted by molar-refractivity contribution is -0.161. The van der Waals surface area contributed by atoms with Gasteiger partial charge < -0.3 is 14.2 Å². The van der Waals surface area contributed by atoms with E-state index in [1.165, 1.54) is 19.3 Å². The van der Waals surface area contributed by atoms with Crippen molar-refractivity contribution in [3.8, 4) is 0 Å². The Morgan fingerprint density at radius 1 is 0.912 bits per heavy atom. The first-order valence-corrected chi connectivity index (χ1v) is 13.0. The van der Waals surface area contributed by atoms with Crippen molar-refractivity contribution in [2.75, 3.05) is 13.1 Å². The molecule has 5 heteroatoms. The van der Waals surface area contributed by atoms with Gasteiger partial charge in [0, 0.05) is 13.1 Å². The molecule has 1 aromatic carbocycles. The van der Waals surface area contributed by atoms with E-state index in [4.69, 9.17) is 4.42 Å². The summed E-state index contributed by atoms with van der Waals surface area (Å²) in [6.07, 6.45) is 8.65. The van der Waals surface area contributed by atoms with Crippen LogP contribution in [0, 0.1) is 29.1 Å². The van der Waals surface area contributed by atoms with Gasteiger partial charge in [0.05, 0.1) is 24.8 Å². The van der Waals surface area contributed by atoms with Gasteiger partial charge in [0.25, 0.3) is 0 Å². The fourth-order valence-electron chi connectivity index (χ4n) is 7.26. The minimum atomic E-state index is -0.227. The second kappa shape index (κ2) is 9.59. The normalized spacial score (nSPS) is 27.2. The molecular formula is C29H38N2O3. The monoisotopic (exact) mass is 462 g/mol. The molecule has 182 valence electrons. The Bertz CT molecular complexity index is 947. The van der Waals surface area contributed by atoms with Gasteiger partial charge in [-0.2, -0.15) is 0 Å². The first kappa shape index (κ1) is 23.2. The summed E-state index contributed by atoms with van der Waals surface area (Å²) in [7, 11) is 0. The van der Waals surface area contributed by atoms with Crippen molar-refractivity contribution in [1.29, 1.82) is 0 Å². The van der Waals surface area contributed by atoms with Gasteiger partial charge in [-0.1, -0.05) is 44.2 Å². The highest BCUT2D eigenvalue weighted by Gasteiger charge is 2.55. The van der Waals surface area contributed by atoms with Crippen LogP contribution in [0.2, 0.25) is 0 Å².